The number of rotatable bonds is 6. The second-order valence-electron chi connectivity index (χ2n) is 7.98. The number of nitrogens with one attached hydrogen (secondary N) is 1. The molecule has 9 heteroatoms. The topological polar surface area (TPSA) is 90.3 Å². The van der Waals surface area contributed by atoms with E-state index in [0.717, 1.165) is 20.5 Å². The average Bonchev–Trinajstić information content (AvgIpc) is 3.13. The van der Waals surface area contributed by atoms with Crippen molar-refractivity contribution in [1.29, 1.82) is 0 Å². The highest BCUT2D eigenvalue weighted by Gasteiger charge is 2.18. The molecular formula is C25H22BrN3O4S. The molecule has 0 atom stereocenters. The summed E-state index contributed by atoms with van der Waals surface area (Å²) in [5.41, 5.74) is 2.39. The average molecular weight is 540 g/mol. The van der Waals surface area contributed by atoms with Crippen molar-refractivity contribution >= 4 is 55.0 Å². The lowest BCUT2D eigenvalue weighted by Gasteiger charge is -2.10. The zero-order chi connectivity index (χ0) is 24.4. The smallest absolute Gasteiger partial charge is 0.338 e. The summed E-state index contributed by atoms with van der Waals surface area (Å²) in [5, 5.41) is 3.26. The van der Waals surface area contributed by atoms with Gasteiger partial charge in [0.1, 0.15) is 11.4 Å². The highest BCUT2D eigenvalue weighted by atomic mass is 79.9. The third-order valence-electron chi connectivity index (χ3n) is 5.05. The van der Waals surface area contributed by atoms with E-state index < -0.39 is 5.97 Å². The van der Waals surface area contributed by atoms with E-state index in [2.05, 4.69) is 26.2 Å². The molecule has 0 spiro atoms. The summed E-state index contributed by atoms with van der Waals surface area (Å²) in [7, 11) is 0. The van der Waals surface area contributed by atoms with Gasteiger partial charge in [0.2, 0.25) is 5.91 Å². The first-order valence-corrected chi connectivity index (χ1v) is 12.2. The van der Waals surface area contributed by atoms with Crippen LogP contribution in [0, 0.1) is 6.92 Å². The zero-order valence-corrected chi connectivity index (χ0v) is 21.2. The van der Waals surface area contributed by atoms with Gasteiger partial charge < -0.3 is 10.1 Å². The van der Waals surface area contributed by atoms with Crippen molar-refractivity contribution in [1.82, 2.24) is 9.55 Å². The number of esters is 1. The fraction of sp³-hybridized carbons (Fsp3) is 0.200. The predicted octanol–water partition coefficient (Wildman–Crippen LogP) is 5.40. The molecule has 0 radical (unpaired) electrons. The number of nitrogens with zero attached hydrogens (tertiary/aromatic N) is 2. The van der Waals surface area contributed by atoms with Crippen LogP contribution in [0.5, 0.6) is 0 Å². The Morgan fingerprint density at radius 1 is 1.12 bits per heavy atom. The fourth-order valence-corrected chi connectivity index (χ4v) is 4.81. The van der Waals surface area contributed by atoms with Crippen LogP contribution in [-0.4, -0.2) is 27.5 Å². The lowest BCUT2D eigenvalue weighted by molar-refractivity contribution is -0.116. The van der Waals surface area contributed by atoms with Gasteiger partial charge >= 0.3 is 5.97 Å². The number of anilines is 1. The van der Waals surface area contributed by atoms with Crippen molar-refractivity contribution in [2.24, 2.45) is 0 Å². The number of carbonyl (C=O) groups is 2. The minimum atomic E-state index is -0.425. The number of amides is 1. The van der Waals surface area contributed by atoms with Crippen molar-refractivity contribution in [2.45, 2.75) is 33.4 Å². The van der Waals surface area contributed by atoms with Crippen LogP contribution in [0.15, 0.2) is 64.1 Å². The van der Waals surface area contributed by atoms with Gasteiger partial charge in [-0.15, -0.1) is 11.3 Å². The first-order valence-electron chi connectivity index (χ1n) is 10.6. The number of benzene rings is 2. The molecule has 34 heavy (non-hydrogen) atoms. The quantitative estimate of drug-likeness (QED) is 0.331. The molecule has 0 fully saturated rings. The molecule has 2 aromatic heterocycles. The lowest BCUT2D eigenvalue weighted by Crippen LogP contribution is -2.27. The molecule has 0 saturated carbocycles. The monoisotopic (exact) mass is 539 g/mol. The number of hydrogen-bond donors (Lipinski definition) is 1. The second kappa shape index (κ2) is 9.90. The van der Waals surface area contributed by atoms with Crippen LogP contribution in [0.4, 0.5) is 5.69 Å². The normalized spacial score (nSPS) is 11.1. The van der Waals surface area contributed by atoms with Gasteiger partial charge in [-0.1, -0.05) is 28.1 Å². The number of halogens is 1. The summed E-state index contributed by atoms with van der Waals surface area (Å²) in [6.07, 6.45) is 1.18. The fourth-order valence-electron chi connectivity index (χ4n) is 3.54. The molecule has 0 aliphatic heterocycles. The van der Waals surface area contributed by atoms with Crippen molar-refractivity contribution in [3.05, 3.63) is 80.1 Å². The number of fused-ring (bicyclic) bond motifs is 1. The van der Waals surface area contributed by atoms with Gasteiger partial charge in [0, 0.05) is 20.6 Å². The number of aryl methyl sites for hydroxylation is 1. The van der Waals surface area contributed by atoms with E-state index in [9.17, 15) is 14.4 Å². The summed E-state index contributed by atoms with van der Waals surface area (Å²) in [4.78, 5) is 43.9. The Kier molecular flexibility index (Phi) is 6.95. The van der Waals surface area contributed by atoms with Crippen LogP contribution in [0.25, 0.3) is 21.3 Å². The number of ether oxygens (including phenoxy) is 1. The highest BCUT2D eigenvalue weighted by molar-refractivity contribution is 9.10. The first-order chi connectivity index (χ1) is 16.2. The molecule has 0 unspecified atom stereocenters. The summed E-state index contributed by atoms with van der Waals surface area (Å²) >= 11 is 4.89. The predicted molar refractivity (Wildman–Crippen MR) is 137 cm³/mol. The molecule has 0 aliphatic rings. The van der Waals surface area contributed by atoms with E-state index in [4.69, 9.17) is 4.74 Å². The number of thiophene rings is 1. The lowest BCUT2D eigenvalue weighted by atomic mass is 10.0. The number of carbonyl (C=O) groups excluding carboxylic acids is 2. The number of aromatic nitrogens is 2. The molecule has 4 rings (SSSR count). The maximum atomic E-state index is 13.3. The van der Waals surface area contributed by atoms with Crippen molar-refractivity contribution in [3.8, 4) is 11.1 Å². The summed E-state index contributed by atoms with van der Waals surface area (Å²) in [5.74, 6) is -0.802. The van der Waals surface area contributed by atoms with Gasteiger partial charge in [0.05, 0.1) is 23.4 Å². The van der Waals surface area contributed by atoms with E-state index in [1.165, 1.54) is 22.2 Å². The van der Waals surface area contributed by atoms with Gasteiger partial charge in [-0.05, 0) is 62.7 Å². The van der Waals surface area contributed by atoms with Gasteiger partial charge in [-0.25, -0.2) is 9.78 Å². The van der Waals surface area contributed by atoms with E-state index in [0.29, 0.717) is 21.5 Å². The molecule has 1 N–H and O–H groups in total. The molecule has 2 aromatic carbocycles. The van der Waals surface area contributed by atoms with E-state index in [-0.39, 0.29) is 24.1 Å². The molecule has 4 aromatic rings. The van der Waals surface area contributed by atoms with Crippen molar-refractivity contribution < 1.29 is 14.3 Å². The van der Waals surface area contributed by atoms with Gasteiger partial charge in [0.15, 0.2) is 0 Å². The minimum absolute atomic E-state index is 0.187. The van der Waals surface area contributed by atoms with E-state index in [1.54, 1.807) is 38.1 Å². The number of hydrogen-bond acceptors (Lipinski definition) is 6. The Hall–Kier alpha value is -3.30. The molecule has 0 aliphatic carbocycles. The van der Waals surface area contributed by atoms with Gasteiger partial charge in [-0.3, -0.25) is 14.2 Å². The zero-order valence-electron chi connectivity index (χ0n) is 18.8. The van der Waals surface area contributed by atoms with E-state index >= 15 is 0 Å². The van der Waals surface area contributed by atoms with Crippen LogP contribution < -0.4 is 10.9 Å². The van der Waals surface area contributed by atoms with Gasteiger partial charge in [0.25, 0.3) is 5.56 Å². The molecule has 174 valence electrons. The van der Waals surface area contributed by atoms with Crippen LogP contribution in [0.3, 0.4) is 0 Å². The van der Waals surface area contributed by atoms with Crippen LogP contribution in [-0.2, 0) is 16.1 Å². The first kappa shape index (κ1) is 23.8. The van der Waals surface area contributed by atoms with Crippen LogP contribution in [0.1, 0.15) is 29.1 Å². The standard InChI is InChI=1S/C25H22BrN3O4S/c1-14(2)33-25(32)17-6-10-19(11-7-17)28-20(30)12-29-13-27-23-22(24(29)31)21(15(3)34-23)16-4-8-18(26)9-5-16/h4-11,13-14H,12H2,1-3H3,(H,28,30). The maximum Gasteiger partial charge on any atom is 0.338 e. The largest absolute Gasteiger partial charge is 0.459 e. The Morgan fingerprint density at radius 3 is 2.44 bits per heavy atom. The SMILES string of the molecule is Cc1sc2ncn(CC(=O)Nc3ccc(C(=O)OC(C)C)cc3)c(=O)c2c1-c1ccc(Br)cc1. The Labute approximate surface area is 208 Å². The third kappa shape index (κ3) is 5.10. The van der Waals surface area contributed by atoms with Gasteiger partial charge in [-0.2, -0.15) is 0 Å². The third-order valence-corrected chi connectivity index (χ3v) is 6.59. The molecule has 0 saturated heterocycles. The Morgan fingerprint density at radius 2 is 1.79 bits per heavy atom. The second-order valence-corrected chi connectivity index (χ2v) is 10.1. The highest BCUT2D eigenvalue weighted by Crippen LogP contribution is 2.35. The minimum Gasteiger partial charge on any atom is -0.459 e. The summed E-state index contributed by atoms with van der Waals surface area (Å²) < 4.78 is 7.42. The molecule has 7 nitrogen and oxygen atoms in total. The van der Waals surface area contributed by atoms with Crippen LogP contribution >= 0.6 is 27.3 Å². The van der Waals surface area contributed by atoms with E-state index in [1.807, 2.05) is 31.2 Å². The Bertz CT molecular complexity index is 1420. The summed E-state index contributed by atoms with van der Waals surface area (Å²) in [6, 6.07) is 14.1. The van der Waals surface area contributed by atoms with Crippen molar-refractivity contribution in [2.75, 3.05) is 5.32 Å². The molecule has 0 bridgehead atoms. The Balaban J connectivity index is 1.55. The summed E-state index contributed by atoms with van der Waals surface area (Å²) in [6.45, 7) is 5.33. The molecule has 1 amide bonds. The maximum absolute atomic E-state index is 13.3. The van der Waals surface area contributed by atoms with Crippen molar-refractivity contribution in [3.63, 3.8) is 0 Å². The van der Waals surface area contributed by atoms with Crippen LogP contribution in [0.2, 0.25) is 0 Å². The molecular weight excluding hydrogens is 518 g/mol. The molecule has 2 heterocycles.